The Hall–Kier alpha value is -3.26. The van der Waals surface area contributed by atoms with Gasteiger partial charge in [-0.15, -0.1) is 0 Å². The van der Waals surface area contributed by atoms with Crippen molar-refractivity contribution in [1.82, 2.24) is 14.5 Å². The van der Waals surface area contributed by atoms with Crippen LogP contribution in [0.1, 0.15) is 11.7 Å². The molecule has 2 N–H and O–H groups in total. The number of carbonyl (C=O) groups excluding carboxylic acids is 1. The summed E-state index contributed by atoms with van der Waals surface area (Å²) in [5.41, 5.74) is 2.73. The van der Waals surface area contributed by atoms with Gasteiger partial charge in [0.05, 0.1) is 10.9 Å². The first-order valence-corrected chi connectivity index (χ1v) is 14.6. The molecule has 6 rings (SSSR count). The van der Waals surface area contributed by atoms with E-state index in [1.807, 2.05) is 4.90 Å². The molecule has 0 spiro atoms. The van der Waals surface area contributed by atoms with E-state index in [1.54, 1.807) is 30.3 Å². The smallest absolute Gasteiger partial charge is 0.256 e. The summed E-state index contributed by atoms with van der Waals surface area (Å²) in [6.45, 7) is 2.61. The zero-order valence-electron chi connectivity index (χ0n) is 21.6. The molecule has 4 heterocycles. The summed E-state index contributed by atoms with van der Waals surface area (Å²) >= 11 is 0. The van der Waals surface area contributed by atoms with Crippen LogP contribution in [0, 0.1) is 0 Å². The average molecular weight is 577 g/mol. The van der Waals surface area contributed by atoms with E-state index in [0.717, 1.165) is 11.1 Å². The Morgan fingerprint density at radius 1 is 1.00 bits per heavy atom. The van der Waals surface area contributed by atoms with E-state index in [4.69, 9.17) is 9.47 Å². The van der Waals surface area contributed by atoms with Crippen molar-refractivity contribution in [2.24, 2.45) is 0 Å². The fraction of sp³-hybridized carbons (Fsp3) is 0.444. The highest BCUT2D eigenvalue weighted by atomic mass is 32.2. The first-order chi connectivity index (χ1) is 19.2. The number of hydrogen-bond donors (Lipinski definition) is 2. The summed E-state index contributed by atoms with van der Waals surface area (Å²) in [6.07, 6.45) is -3.92. The van der Waals surface area contributed by atoms with Crippen LogP contribution in [-0.2, 0) is 14.8 Å². The Labute approximate surface area is 230 Å². The van der Waals surface area contributed by atoms with Gasteiger partial charge >= 0.3 is 0 Å². The van der Waals surface area contributed by atoms with Gasteiger partial charge in [0.25, 0.3) is 12.3 Å². The number of ether oxygens (including phenoxy) is 2. The Morgan fingerprint density at radius 2 is 1.73 bits per heavy atom. The number of sulfonamides is 1. The normalized spacial score (nSPS) is 22.1. The second kappa shape index (κ2) is 10.6. The zero-order chi connectivity index (χ0) is 28.0. The van der Waals surface area contributed by atoms with Gasteiger partial charge in [-0.1, -0.05) is 12.1 Å². The summed E-state index contributed by atoms with van der Waals surface area (Å²) < 4.78 is 65.4. The largest absolute Gasteiger partial charge is 0.486 e. The van der Waals surface area contributed by atoms with Crippen LogP contribution in [0.15, 0.2) is 58.5 Å². The van der Waals surface area contributed by atoms with Crippen molar-refractivity contribution in [3.63, 3.8) is 0 Å². The van der Waals surface area contributed by atoms with Gasteiger partial charge in [-0.25, -0.2) is 17.2 Å². The molecule has 0 saturated carbocycles. The maximum absolute atomic E-state index is 13.3. The van der Waals surface area contributed by atoms with Crippen LogP contribution in [0.2, 0.25) is 0 Å². The second-order valence-electron chi connectivity index (χ2n) is 10.3. The third-order valence-corrected chi connectivity index (χ3v) is 9.54. The van der Waals surface area contributed by atoms with Gasteiger partial charge in [-0.3, -0.25) is 4.79 Å². The third-order valence-electron chi connectivity index (χ3n) is 7.76. The van der Waals surface area contributed by atoms with E-state index in [0.29, 0.717) is 49.1 Å². The number of nitrogens with one attached hydrogen (secondary N) is 1. The number of aliphatic hydroxyl groups is 1. The second-order valence-corrected chi connectivity index (χ2v) is 12.3. The summed E-state index contributed by atoms with van der Waals surface area (Å²) in [6, 6.07) is 10.4. The van der Waals surface area contributed by atoms with Gasteiger partial charge in [0.2, 0.25) is 10.0 Å². The molecule has 4 aliphatic heterocycles. The van der Waals surface area contributed by atoms with Crippen LogP contribution in [0.5, 0.6) is 11.5 Å². The summed E-state index contributed by atoms with van der Waals surface area (Å²) in [5, 5.41) is 13.7. The average Bonchev–Trinajstić information content (AvgIpc) is 3.57. The molecule has 2 unspecified atom stereocenters. The van der Waals surface area contributed by atoms with E-state index < -0.39 is 34.5 Å². The minimum Gasteiger partial charge on any atom is -0.486 e. The number of carbonyl (C=O) groups is 1. The number of rotatable bonds is 6. The minimum absolute atomic E-state index is 0.116. The molecule has 214 valence electrons. The molecule has 0 bridgehead atoms. The van der Waals surface area contributed by atoms with Crippen molar-refractivity contribution in [1.29, 1.82) is 0 Å². The highest BCUT2D eigenvalue weighted by Gasteiger charge is 2.39. The van der Waals surface area contributed by atoms with Crippen LogP contribution < -0.4 is 19.7 Å². The van der Waals surface area contributed by atoms with Crippen molar-refractivity contribution in [3.8, 4) is 11.5 Å². The monoisotopic (exact) mass is 576 g/mol. The molecule has 4 aliphatic rings. The number of alkyl halides is 2. The van der Waals surface area contributed by atoms with Crippen molar-refractivity contribution in [2.75, 3.05) is 63.9 Å². The van der Waals surface area contributed by atoms with Crippen LogP contribution >= 0.6 is 0 Å². The Morgan fingerprint density at radius 3 is 2.45 bits per heavy atom. The molecule has 2 aromatic carbocycles. The van der Waals surface area contributed by atoms with E-state index in [1.165, 1.54) is 21.3 Å². The number of aliphatic hydroxyl groups excluding tert-OH is 1. The molecule has 1 amide bonds. The Bertz CT molecular complexity index is 1430. The van der Waals surface area contributed by atoms with E-state index in [9.17, 15) is 27.1 Å². The minimum atomic E-state index is -3.79. The van der Waals surface area contributed by atoms with E-state index in [2.05, 4.69) is 5.32 Å². The fourth-order valence-corrected chi connectivity index (χ4v) is 7.04. The maximum Gasteiger partial charge on any atom is 0.256 e. The maximum atomic E-state index is 13.3. The molecular weight excluding hydrogens is 546 g/mol. The number of piperazine rings is 1. The molecule has 10 nitrogen and oxygen atoms in total. The number of anilines is 1. The number of hydrogen-bond acceptors (Lipinski definition) is 8. The predicted molar refractivity (Wildman–Crippen MR) is 141 cm³/mol. The van der Waals surface area contributed by atoms with Crippen molar-refractivity contribution < 1.29 is 36.6 Å². The molecule has 13 heteroatoms. The lowest BCUT2D eigenvalue weighted by Crippen LogP contribution is -2.53. The molecule has 2 atom stereocenters. The van der Waals surface area contributed by atoms with Crippen molar-refractivity contribution in [2.45, 2.75) is 23.5 Å². The summed E-state index contributed by atoms with van der Waals surface area (Å²) in [5.74, 6) is 0.419. The third kappa shape index (κ3) is 5.02. The van der Waals surface area contributed by atoms with E-state index >= 15 is 0 Å². The van der Waals surface area contributed by atoms with Gasteiger partial charge < -0.3 is 29.7 Å². The first-order valence-electron chi connectivity index (χ1n) is 13.1. The van der Waals surface area contributed by atoms with Gasteiger partial charge in [-0.2, -0.15) is 4.31 Å². The van der Waals surface area contributed by atoms with Crippen LogP contribution in [0.4, 0.5) is 14.5 Å². The van der Waals surface area contributed by atoms with Gasteiger partial charge in [-0.05, 0) is 41.0 Å². The quantitative estimate of drug-likeness (QED) is 0.497. The molecule has 0 radical (unpaired) electrons. The molecule has 40 heavy (non-hydrogen) atoms. The van der Waals surface area contributed by atoms with Crippen molar-refractivity contribution in [3.05, 3.63) is 59.2 Å². The molecule has 2 aromatic rings. The fourth-order valence-electron chi connectivity index (χ4n) is 5.59. The van der Waals surface area contributed by atoms with Gasteiger partial charge in [0, 0.05) is 57.6 Å². The molecular formula is C27H30F2N4O6S. The van der Waals surface area contributed by atoms with Crippen LogP contribution in [0.3, 0.4) is 0 Å². The van der Waals surface area contributed by atoms with Crippen molar-refractivity contribution >= 4 is 21.6 Å². The summed E-state index contributed by atoms with van der Waals surface area (Å²) in [7, 11) is -3.79. The number of fused-ring (bicyclic) bond motifs is 1. The topological polar surface area (TPSA) is 112 Å². The molecule has 1 saturated heterocycles. The highest BCUT2D eigenvalue weighted by molar-refractivity contribution is 7.89. The molecule has 0 aromatic heterocycles. The summed E-state index contributed by atoms with van der Waals surface area (Å²) in [4.78, 5) is 16.7. The Kier molecular flexibility index (Phi) is 7.15. The highest BCUT2D eigenvalue weighted by Crippen LogP contribution is 2.36. The number of nitrogens with zero attached hydrogens (tertiary/aromatic N) is 3. The lowest BCUT2D eigenvalue weighted by molar-refractivity contribution is -0.139. The molecule has 1 fully saturated rings. The van der Waals surface area contributed by atoms with Gasteiger partial charge in [0.1, 0.15) is 13.2 Å². The lowest BCUT2D eigenvalue weighted by atomic mass is 10.1. The van der Waals surface area contributed by atoms with E-state index in [-0.39, 0.29) is 37.6 Å². The lowest BCUT2D eigenvalue weighted by Gasteiger charge is -2.35. The number of benzene rings is 2. The SMILES string of the molecule is O=C(C(O)c1cccc(N2CCNC(C(F)F)C2)c1)N1CC2=C(C1)CN(S(=O)(=O)c1ccc3c(c1)OCCO3)C2. The predicted octanol–water partition coefficient (Wildman–Crippen LogP) is 1.38. The first kappa shape index (κ1) is 26.9. The zero-order valence-corrected chi connectivity index (χ0v) is 22.4. The molecule has 0 aliphatic carbocycles. The number of amides is 1. The standard InChI is InChI=1S/C27H30F2N4O6S/c28-26(29)22-16-31(7-6-30-22)20-3-1-2-17(10-20)25(34)27(35)32-12-18-14-33(15-19(18)13-32)40(36,37)21-4-5-23-24(11-21)39-9-8-38-23/h1-5,10-11,22,25-26,30,34H,6-9,12-16H2. The van der Waals surface area contributed by atoms with Crippen LogP contribution in [-0.4, -0.2) is 100 Å². The van der Waals surface area contributed by atoms with Gasteiger partial charge in [0.15, 0.2) is 17.6 Å². The van der Waals surface area contributed by atoms with Crippen LogP contribution in [0.25, 0.3) is 0 Å². The Balaban J connectivity index is 1.09. The number of halogens is 2.